The van der Waals surface area contributed by atoms with Gasteiger partial charge in [-0.1, -0.05) is 29.3 Å². The van der Waals surface area contributed by atoms with Gasteiger partial charge in [0.15, 0.2) is 5.96 Å². The van der Waals surface area contributed by atoms with Gasteiger partial charge in [0.25, 0.3) is 0 Å². The monoisotopic (exact) mass is 400 g/mol. The van der Waals surface area contributed by atoms with Crippen molar-refractivity contribution < 1.29 is 4.74 Å². The molecule has 0 aliphatic carbocycles. The topological polar surface area (TPSA) is 40.1 Å². The Morgan fingerprint density at radius 1 is 1.19 bits per heavy atom. The van der Waals surface area contributed by atoms with E-state index >= 15 is 0 Å². The molecule has 1 aromatic rings. The first-order chi connectivity index (χ1) is 12.4. The van der Waals surface area contributed by atoms with E-state index in [-0.39, 0.29) is 5.54 Å². The SMILES string of the molecule is CCNC(=NCC1(N(C)C)CCOCC1)N(C)Cc1ccc(Cl)c(Cl)c1. The van der Waals surface area contributed by atoms with Crippen molar-refractivity contribution in [1.82, 2.24) is 15.1 Å². The molecule has 0 unspecified atom stereocenters. The Morgan fingerprint density at radius 3 is 2.46 bits per heavy atom. The molecular formula is C19H30Cl2N4O. The van der Waals surface area contributed by atoms with Gasteiger partial charge in [-0.2, -0.15) is 0 Å². The molecule has 0 saturated carbocycles. The summed E-state index contributed by atoms with van der Waals surface area (Å²) in [6, 6.07) is 5.73. The summed E-state index contributed by atoms with van der Waals surface area (Å²) in [4.78, 5) is 9.35. The zero-order valence-corrected chi connectivity index (χ0v) is 17.7. The Labute approximate surface area is 167 Å². The van der Waals surface area contributed by atoms with Crippen LogP contribution in [-0.4, -0.2) is 68.7 Å². The summed E-state index contributed by atoms with van der Waals surface area (Å²) in [6.45, 7) is 5.95. The van der Waals surface area contributed by atoms with E-state index in [4.69, 9.17) is 32.9 Å². The molecule has 1 aliphatic heterocycles. The second-order valence-corrected chi connectivity index (χ2v) is 7.82. The summed E-state index contributed by atoms with van der Waals surface area (Å²) in [5.74, 6) is 0.895. The van der Waals surface area contributed by atoms with Crippen LogP contribution < -0.4 is 5.32 Å². The van der Waals surface area contributed by atoms with Crippen molar-refractivity contribution in [2.75, 3.05) is 47.4 Å². The van der Waals surface area contributed by atoms with Gasteiger partial charge < -0.3 is 19.9 Å². The molecule has 0 radical (unpaired) electrons. The molecular weight excluding hydrogens is 371 g/mol. The molecule has 1 saturated heterocycles. The van der Waals surface area contributed by atoms with E-state index in [0.29, 0.717) is 16.6 Å². The number of hydrogen-bond acceptors (Lipinski definition) is 3. The van der Waals surface area contributed by atoms with E-state index in [0.717, 1.165) is 50.7 Å². The number of benzene rings is 1. The first-order valence-electron chi connectivity index (χ1n) is 9.06. The maximum absolute atomic E-state index is 6.14. The lowest BCUT2D eigenvalue weighted by Gasteiger charge is -2.42. The normalized spacial score (nSPS) is 17.4. The highest BCUT2D eigenvalue weighted by atomic mass is 35.5. The third kappa shape index (κ3) is 5.49. The Hall–Kier alpha value is -1.01. The van der Waals surface area contributed by atoms with Crippen molar-refractivity contribution in [3.63, 3.8) is 0 Å². The fourth-order valence-electron chi connectivity index (χ4n) is 3.18. The minimum atomic E-state index is 0.0589. The van der Waals surface area contributed by atoms with E-state index in [2.05, 4.69) is 36.1 Å². The Bertz CT molecular complexity index is 616. The van der Waals surface area contributed by atoms with Crippen LogP contribution in [0.3, 0.4) is 0 Å². The number of guanidine groups is 1. The number of aliphatic imine (C=N–C) groups is 1. The highest BCUT2D eigenvalue weighted by Crippen LogP contribution is 2.26. The Morgan fingerprint density at radius 2 is 1.88 bits per heavy atom. The van der Waals surface area contributed by atoms with E-state index in [1.165, 1.54) is 0 Å². The zero-order valence-electron chi connectivity index (χ0n) is 16.2. The maximum Gasteiger partial charge on any atom is 0.194 e. The van der Waals surface area contributed by atoms with E-state index in [1.807, 2.05) is 25.2 Å². The maximum atomic E-state index is 6.14. The summed E-state index contributed by atoms with van der Waals surface area (Å²) in [5, 5.41) is 4.54. The number of ether oxygens (including phenoxy) is 1. The van der Waals surface area contributed by atoms with Crippen molar-refractivity contribution >= 4 is 29.2 Å². The highest BCUT2D eigenvalue weighted by molar-refractivity contribution is 6.42. The van der Waals surface area contributed by atoms with Gasteiger partial charge in [-0.3, -0.25) is 4.99 Å². The molecule has 1 N–H and O–H groups in total. The van der Waals surface area contributed by atoms with Gasteiger partial charge in [0.05, 0.1) is 16.6 Å². The van der Waals surface area contributed by atoms with Gasteiger partial charge in [0.1, 0.15) is 0 Å². The molecule has 0 spiro atoms. The smallest absolute Gasteiger partial charge is 0.194 e. The van der Waals surface area contributed by atoms with E-state index < -0.39 is 0 Å². The Kier molecular flexibility index (Phi) is 8.02. The molecule has 7 heteroatoms. The molecule has 0 amide bonds. The quantitative estimate of drug-likeness (QED) is 0.585. The largest absolute Gasteiger partial charge is 0.381 e. The van der Waals surface area contributed by atoms with Crippen LogP contribution in [0.15, 0.2) is 23.2 Å². The predicted octanol–water partition coefficient (Wildman–Crippen LogP) is 3.50. The van der Waals surface area contributed by atoms with Gasteiger partial charge in [-0.05, 0) is 51.6 Å². The third-order valence-corrected chi connectivity index (χ3v) is 5.73. The van der Waals surface area contributed by atoms with Crippen LogP contribution in [0.2, 0.25) is 10.0 Å². The lowest BCUT2D eigenvalue weighted by molar-refractivity contribution is -0.00262. The minimum absolute atomic E-state index is 0.0589. The summed E-state index contributed by atoms with van der Waals surface area (Å²) in [7, 11) is 6.30. The van der Waals surface area contributed by atoms with Gasteiger partial charge in [0, 0.05) is 38.9 Å². The predicted molar refractivity (Wildman–Crippen MR) is 110 cm³/mol. The zero-order chi connectivity index (χ0) is 19.2. The van der Waals surface area contributed by atoms with Crippen LogP contribution in [-0.2, 0) is 11.3 Å². The van der Waals surface area contributed by atoms with Crippen molar-refractivity contribution in [3.8, 4) is 0 Å². The number of likely N-dealkylation sites (N-methyl/N-ethyl adjacent to an activating group) is 1. The van der Waals surface area contributed by atoms with E-state index in [9.17, 15) is 0 Å². The van der Waals surface area contributed by atoms with Crippen LogP contribution >= 0.6 is 23.2 Å². The summed E-state index contributed by atoms with van der Waals surface area (Å²) < 4.78 is 5.55. The summed E-state index contributed by atoms with van der Waals surface area (Å²) in [5.41, 5.74) is 1.16. The molecule has 0 bridgehead atoms. The minimum Gasteiger partial charge on any atom is -0.381 e. The standard InChI is InChI=1S/C19H30Cl2N4O/c1-5-22-18(23-14-19(24(2)3)8-10-26-11-9-19)25(4)13-15-6-7-16(20)17(21)12-15/h6-7,12H,5,8-11,13-14H2,1-4H3,(H,22,23). The second kappa shape index (κ2) is 9.79. The van der Waals surface area contributed by atoms with Gasteiger partial charge in [-0.15, -0.1) is 0 Å². The van der Waals surface area contributed by atoms with Crippen LogP contribution in [0, 0.1) is 0 Å². The fourth-order valence-corrected chi connectivity index (χ4v) is 3.50. The summed E-state index contributed by atoms with van der Waals surface area (Å²) in [6.07, 6.45) is 2.00. The van der Waals surface area contributed by atoms with Crippen LogP contribution in [0.25, 0.3) is 0 Å². The van der Waals surface area contributed by atoms with Crippen molar-refractivity contribution in [1.29, 1.82) is 0 Å². The van der Waals surface area contributed by atoms with Gasteiger partial charge in [-0.25, -0.2) is 0 Å². The average molecular weight is 401 g/mol. The fraction of sp³-hybridized carbons (Fsp3) is 0.632. The van der Waals surface area contributed by atoms with Crippen molar-refractivity contribution in [3.05, 3.63) is 33.8 Å². The highest BCUT2D eigenvalue weighted by Gasteiger charge is 2.34. The van der Waals surface area contributed by atoms with Gasteiger partial charge in [0.2, 0.25) is 0 Å². The van der Waals surface area contributed by atoms with Crippen LogP contribution in [0.5, 0.6) is 0 Å². The number of halogens is 2. The lowest BCUT2D eigenvalue weighted by Crippen LogP contribution is -2.51. The average Bonchev–Trinajstić information content (AvgIpc) is 2.62. The van der Waals surface area contributed by atoms with Gasteiger partial charge >= 0.3 is 0 Å². The number of rotatable bonds is 6. The molecule has 1 aliphatic rings. The number of nitrogens with zero attached hydrogens (tertiary/aromatic N) is 3. The first kappa shape index (κ1) is 21.3. The molecule has 5 nitrogen and oxygen atoms in total. The van der Waals surface area contributed by atoms with Crippen molar-refractivity contribution in [2.24, 2.45) is 4.99 Å². The molecule has 26 heavy (non-hydrogen) atoms. The molecule has 2 rings (SSSR count). The number of nitrogens with one attached hydrogen (secondary N) is 1. The molecule has 1 aromatic carbocycles. The molecule has 1 fully saturated rings. The van der Waals surface area contributed by atoms with Crippen LogP contribution in [0.4, 0.5) is 0 Å². The lowest BCUT2D eigenvalue weighted by atomic mass is 9.89. The second-order valence-electron chi connectivity index (χ2n) is 7.01. The molecule has 0 atom stereocenters. The molecule has 0 aromatic heterocycles. The number of hydrogen-bond donors (Lipinski definition) is 1. The van der Waals surface area contributed by atoms with E-state index in [1.54, 1.807) is 0 Å². The Balaban J connectivity index is 2.12. The summed E-state index contributed by atoms with van der Waals surface area (Å²) >= 11 is 12.2. The third-order valence-electron chi connectivity index (χ3n) is 5.00. The van der Waals surface area contributed by atoms with Crippen LogP contribution in [0.1, 0.15) is 25.3 Å². The molecule has 1 heterocycles. The molecule has 146 valence electrons. The van der Waals surface area contributed by atoms with Crippen molar-refractivity contribution in [2.45, 2.75) is 31.8 Å². The first-order valence-corrected chi connectivity index (χ1v) is 9.82.